The molecule has 3 rings (SSSR count). The normalized spacial score (nSPS) is 18.2. The standard InChI is InChI=1S/C20H29N3O6S/c1-3-29-20(25)22-13-11-21(12-14-22)19(24)17-15-16(7-8-18(17)28-2)30(26,27)23-9-5-4-6-10-23/h7-8,15H,3-6,9-14H2,1-2H3. The van der Waals surface area contributed by atoms with Crippen LogP contribution in [0.3, 0.4) is 0 Å². The molecule has 2 heterocycles. The largest absolute Gasteiger partial charge is 0.496 e. The summed E-state index contributed by atoms with van der Waals surface area (Å²) in [4.78, 5) is 28.3. The third kappa shape index (κ3) is 4.70. The van der Waals surface area contributed by atoms with E-state index in [0.29, 0.717) is 51.6 Å². The third-order valence-electron chi connectivity index (χ3n) is 5.45. The molecule has 0 N–H and O–H groups in total. The average molecular weight is 440 g/mol. The van der Waals surface area contributed by atoms with Crippen molar-refractivity contribution in [2.24, 2.45) is 0 Å². The third-order valence-corrected chi connectivity index (χ3v) is 7.34. The number of sulfonamides is 1. The molecule has 10 heteroatoms. The van der Waals surface area contributed by atoms with Gasteiger partial charge in [0, 0.05) is 39.3 Å². The van der Waals surface area contributed by atoms with E-state index in [1.807, 2.05) is 0 Å². The topological polar surface area (TPSA) is 96.5 Å². The zero-order chi connectivity index (χ0) is 21.7. The molecule has 0 saturated carbocycles. The predicted molar refractivity (Wildman–Crippen MR) is 110 cm³/mol. The fourth-order valence-electron chi connectivity index (χ4n) is 3.75. The van der Waals surface area contributed by atoms with Crippen LogP contribution in [0.4, 0.5) is 4.79 Å². The van der Waals surface area contributed by atoms with Crippen molar-refractivity contribution in [1.29, 1.82) is 0 Å². The Hall–Kier alpha value is -2.33. The molecule has 2 aliphatic rings. The lowest BCUT2D eigenvalue weighted by Crippen LogP contribution is -2.50. The van der Waals surface area contributed by atoms with Crippen molar-refractivity contribution in [3.63, 3.8) is 0 Å². The highest BCUT2D eigenvalue weighted by Gasteiger charge is 2.30. The van der Waals surface area contributed by atoms with Crippen LogP contribution in [0.5, 0.6) is 5.75 Å². The molecule has 0 bridgehead atoms. The molecule has 166 valence electrons. The molecule has 0 unspecified atom stereocenters. The first-order chi connectivity index (χ1) is 14.4. The summed E-state index contributed by atoms with van der Waals surface area (Å²) in [6, 6.07) is 4.42. The van der Waals surface area contributed by atoms with Gasteiger partial charge >= 0.3 is 6.09 Å². The molecule has 0 atom stereocenters. The van der Waals surface area contributed by atoms with Crippen LogP contribution in [-0.2, 0) is 14.8 Å². The van der Waals surface area contributed by atoms with Gasteiger partial charge in [-0.1, -0.05) is 6.42 Å². The number of carbonyl (C=O) groups is 2. The minimum Gasteiger partial charge on any atom is -0.496 e. The first kappa shape index (κ1) is 22.4. The average Bonchev–Trinajstić information content (AvgIpc) is 2.79. The Morgan fingerprint density at radius 1 is 0.967 bits per heavy atom. The first-order valence-corrected chi connectivity index (χ1v) is 11.7. The van der Waals surface area contributed by atoms with E-state index < -0.39 is 16.1 Å². The maximum atomic E-state index is 13.1. The molecular formula is C20H29N3O6S. The molecular weight excluding hydrogens is 410 g/mol. The maximum Gasteiger partial charge on any atom is 0.409 e. The lowest BCUT2D eigenvalue weighted by atomic mass is 10.1. The second-order valence-corrected chi connectivity index (χ2v) is 9.24. The zero-order valence-corrected chi connectivity index (χ0v) is 18.3. The predicted octanol–water partition coefficient (Wildman–Crippen LogP) is 1.78. The number of piperazine rings is 1. The number of carbonyl (C=O) groups excluding carboxylic acids is 2. The molecule has 9 nitrogen and oxygen atoms in total. The Bertz CT molecular complexity index is 875. The van der Waals surface area contributed by atoms with Crippen molar-refractivity contribution in [3.05, 3.63) is 23.8 Å². The minimum absolute atomic E-state index is 0.0960. The van der Waals surface area contributed by atoms with Gasteiger partial charge in [-0.05, 0) is 38.0 Å². The molecule has 2 saturated heterocycles. The molecule has 2 fully saturated rings. The number of nitrogens with zero attached hydrogens (tertiary/aromatic N) is 3. The van der Waals surface area contributed by atoms with E-state index in [4.69, 9.17) is 9.47 Å². The summed E-state index contributed by atoms with van der Waals surface area (Å²) in [7, 11) is -2.21. The number of ether oxygens (including phenoxy) is 2. The zero-order valence-electron chi connectivity index (χ0n) is 17.5. The maximum absolute atomic E-state index is 13.1. The monoisotopic (exact) mass is 439 g/mol. The van der Waals surface area contributed by atoms with Crippen LogP contribution in [0.25, 0.3) is 0 Å². The summed E-state index contributed by atoms with van der Waals surface area (Å²) in [5, 5.41) is 0. The minimum atomic E-state index is -3.66. The van der Waals surface area contributed by atoms with Crippen molar-refractivity contribution in [3.8, 4) is 5.75 Å². The number of rotatable bonds is 5. The van der Waals surface area contributed by atoms with E-state index in [-0.39, 0.29) is 16.4 Å². The first-order valence-electron chi connectivity index (χ1n) is 10.3. The van der Waals surface area contributed by atoms with Crippen molar-refractivity contribution in [2.75, 3.05) is 53.0 Å². The van der Waals surface area contributed by atoms with Crippen LogP contribution < -0.4 is 4.74 Å². The van der Waals surface area contributed by atoms with E-state index in [1.54, 1.807) is 16.7 Å². The van der Waals surface area contributed by atoms with Gasteiger partial charge < -0.3 is 19.3 Å². The van der Waals surface area contributed by atoms with Gasteiger partial charge in [-0.2, -0.15) is 4.31 Å². The van der Waals surface area contributed by atoms with Crippen molar-refractivity contribution in [2.45, 2.75) is 31.1 Å². The summed E-state index contributed by atoms with van der Waals surface area (Å²) in [5.41, 5.74) is 0.208. The van der Waals surface area contributed by atoms with Crippen LogP contribution in [0.15, 0.2) is 23.1 Å². The van der Waals surface area contributed by atoms with Gasteiger partial charge in [0.05, 0.1) is 24.2 Å². The summed E-state index contributed by atoms with van der Waals surface area (Å²) in [6.45, 7) is 4.42. The van der Waals surface area contributed by atoms with Crippen molar-refractivity contribution >= 4 is 22.0 Å². The Morgan fingerprint density at radius 3 is 2.20 bits per heavy atom. The fourth-order valence-corrected chi connectivity index (χ4v) is 5.29. The van der Waals surface area contributed by atoms with Crippen LogP contribution in [0.1, 0.15) is 36.5 Å². The smallest absolute Gasteiger partial charge is 0.409 e. The lowest BCUT2D eigenvalue weighted by Gasteiger charge is -2.34. The highest BCUT2D eigenvalue weighted by atomic mass is 32.2. The van der Waals surface area contributed by atoms with Gasteiger partial charge in [0.25, 0.3) is 5.91 Å². The highest BCUT2D eigenvalue weighted by molar-refractivity contribution is 7.89. The fraction of sp³-hybridized carbons (Fsp3) is 0.600. The Balaban J connectivity index is 1.79. The van der Waals surface area contributed by atoms with Gasteiger partial charge in [0.15, 0.2) is 0 Å². The van der Waals surface area contributed by atoms with Crippen molar-refractivity contribution < 1.29 is 27.5 Å². The summed E-state index contributed by atoms with van der Waals surface area (Å²) >= 11 is 0. The van der Waals surface area contributed by atoms with Crippen LogP contribution in [-0.4, -0.2) is 87.5 Å². The molecule has 2 amide bonds. The molecule has 0 aliphatic carbocycles. The van der Waals surface area contributed by atoms with E-state index in [1.165, 1.54) is 29.6 Å². The van der Waals surface area contributed by atoms with E-state index in [2.05, 4.69) is 0 Å². The van der Waals surface area contributed by atoms with Crippen LogP contribution in [0.2, 0.25) is 0 Å². The van der Waals surface area contributed by atoms with Gasteiger partial charge in [-0.3, -0.25) is 4.79 Å². The SMILES string of the molecule is CCOC(=O)N1CCN(C(=O)c2cc(S(=O)(=O)N3CCCCC3)ccc2OC)CC1. The Morgan fingerprint density at radius 2 is 1.60 bits per heavy atom. The van der Waals surface area contributed by atoms with Gasteiger partial charge in [0.2, 0.25) is 10.0 Å². The molecule has 1 aromatic rings. The molecule has 0 radical (unpaired) electrons. The quantitative estimate of drug-likeness (QED) is 0.694. The second kappa shape index (κ2) is 9.65. The summed E-state index contributed by atoms with van der Waals surface area (Å²) < 4.78 is 37.8. The van der Waals surface area contributed by atoms with E-state index >= 15 is 0 Å². The number of hydrogen-bond acceptors (Lipinski definition) is 6. The Labute approximate surface area is 177 Å². The highest BCUT2D eigenvalue weighted by Crippen LogP contribution is 2.27. The number of benzene rings is 1. The molecule has 2 aliphatic heterocycles. The van der Waals surface area contributed by atoms with Gasteiger partial charge in [0.1, 0.15) is 5.75 Å². The molecule has 30 heavy (non-hydrogen) atoms. The van der Waals surface area contributed by atoms with Gasteiger partial charge in [-0.15, -0.1) is 0 Å². The summed E-state index contributed by atoms with van der Waals surface area (Å²) in [6.07, 6.45) is 2.31. The van der Waals surface area contributed by atoms with E-state index in [9.17, 15) is 18.0 Å². The lowest BCUT2D eigenvalue weighted by molar-refractivity contribution is 0.0567. The Kier molecular flexibility index (Phi) is 7.19. The molecule has 1 aromatic carbocycles. The van der Waals surface area contributed by atoms with Crippen LogP contribution >= 0.6 is 0 Å². The van der Waals surface area contributed by atoms with E-state index in [0.717, 1.165) is 19.3 Å². The number of amides is 2. The summed E-state index contributed by atoms with van der Waals surface area (Å²) in [5.74, 6) is 0.0106. The number of hydrogen-bond donors (Lipinski definition) is 0. The number of piperidine rings is 1. The van der Waals surface area contributed by atoms with Crippen molar-refractivity contribution in [1.82, 2.24) is 14.1 Å². The van der Waals surface area contributed by atoms with Gasteiger partial charge in [-0.25, -0.2) is 13.2 Å². The van der Waals surface area contributed by atoms with Crippen LogP contribution in [0, 0.1) is 0 Å². The number of methoxy groups -OCH3 is 1. The molecule has 0 spiro atoms. The second-order valence-electron chi connectivity index (χ2n) is 7.31. The molecule has 0 aromatic heterocycles.